The monoisotopic (exact) mass is 291 g/mol. The SMILES string of the molecule is CCc1c(C)nc(C(C)C)nc1N1CCC(C(=O)O)CC1. The number of rotatable bonds is 4. The molecule has 0 unspecified atom stereocenters. The van der Waals surface area contributed by atoms with E-state index < -0.39 is 5.97 Å². The molecule has 0 amide bonds. The fourth-order valence-corrected chi connectivity index (χ4v) is 2.87. The quantitative estimate of drug-likeness (QED) is 0.924. The molecule has 1 aromatic heterocycles. The molecule has 1 N–H and O–H groups in total. The van der Waals surface area contributed by atoms with E-state index in [0.717, 1.165) is 36.8 Å². The second kappa shape index (κ2) is 6.41. The zero-order chi connectivity index (χ0) is 15.6. The lowest BCUT2D eigenvalue weighted by atomic mass is 9.96. The standard InChI is InChI=1S/C16H25N3O2/c1-5-13-11(4)17-14(10(2)3)18-15(13)19-8-6-12(7-9-19)16(20)21/h10,12H,5-9H2,1-4H3,(H,20,21). The van der Waals surface area contributed by atoms with E-state index >= 15 is 0 Å². The Hall–Kier alpha value is -1.65. The van der Waals surface area contributed by atoms with Crippen LogP contribution in [0.3, 0.4) is 0 Å². The van der Waals surface area contributed by atoms with Crippen LogP contribution in [0.1, 0.15) is 56.6 Å². The lowest BCUT2D eigenvalue weighted by molar-refractivity contribution is -0.142. The first-order valence-electron chi connectivity index (χ1n) is 7.79. The number of aliphatic carboxylic acids is 1. The van der Waals surface area contributed by atoms with Crippen molar-refractivity contribution in [2.45, 2.75) is 52.9 Å². The van der Waals surface area contributed by atoms with E-state index in [1.807, 2.05) is 6.92 Å². The molecule has 0 bridgehead atoms. The molecular weight excluding hydrogens is 266 g/mol. The highest BCUT2D eigenvalue weighted by molar-refractivity contribution is 5.70. The van der Waals surface area contributed by atoms with Crippen LogP contribution in [0.25, 0.3) is 0 Å². The van der Waals surface area contributed by atoms with Gasteiger partial charge in [0, 0.05) is 30.3 Å². The van der Waals surface area contributed by atoms with Gasteiger partial charge in [-0.05, 0) is 26.2 Å². The van der Waals surface area contributed by atoms with Crippen molar-refractivity contribution in [1.82, 2.24) is 9.97 Å². The van der Waals surface area contributed by atoms with E-state index in [1.165, 1.54) is 5.56 Å². The van der Waals surface area contributed by atoms with Gasteiger partial charge < -0.3 is 10.0 Å². The van der Waals surface area contributed by atoms with Crippen LogP contribution in [0.4, 0.5) is 5.82 Å². The molecule has 21 heavy (non-hydrogen) atoms. The number of aryl methyl sites for hydroxylation is 1. The van der Waals surface area contributed by atoms with E-state index in [0.29, 0.717) is 18.8 Å². The zero-order valence-corrected chi connectivity index (χ0v) is 13.4. The number of piperidine rings is 1. The van der Waals surface area contributed by atoms with E-state index in [-0.39, 0.29) is 5.92 Å². The fraction of sp³-hybridized carbons (Fsp3) is 0.688. The summed E-state index contributed by atoms with van der Waals surface area (Å²) in [5, 5.41) is 9.11. The van der Waals surface area contributed by atoms with Gasteiger partial charge in [0.05, 0.1) is 5.92 Å². The van der Waals surface area contributed by atoms with Crippen molar-refractivity contribution >= 4 is 11.8 Å². The number of carboxylic acid groups (broad SMARTS) is 1. The Morgan fingerprint density at radius 1 is 1.33 bits per heavy atom. The van der Waals surface area contributed by atoms with Crippen LogP contribution in [-0.2, 0) is 11.2 Å². The van der Waals surface area contributed by atoms with Crippen molar-refractivity contribution in [2.75, 3.05) is 18.0 Å². The Kier molecular flexibility index (Phi) is 4.80. The molecule has 1 aromatic rings. The third kappa shape index (κ3) is 3.34. The van der Waals surface area contributed by atoms with Gasteiger partial charge in [0.25, 0.3) is 0 Å². The van der Waals surface area contributed by atoms with E-state index in [9.17, 15) is 4.79 Å². The highest BCUT2D eigenvalue weighted by Gasteiger charge is 2.27. The van der Waals surface area contributed by atoms with Gasteiger partial charge in [-0.3, -0.25) is 4.79 Å². The minimum Gasteiger partial charge on any atom is -0.481 e. The van der Waals surface area contributed by atoms with E-state index in [4.69, 9.17) is 10.1 Å². The minimum atomic E-state index is -0.674. The predicted octanol–water partition coefficient (Wildman–Crippen LogP) is 2.77. The van der Waals surface area contributed by atoms with Crippen LogP contribution in [0.2, 0.25) is 0 Å². The summed E-state index contributed by atoms with van der Waals surface area (Å²) in [7, 11) is 0. The van der Waals surface area contributed by atoms with Crippen molar-refractivity contribution in [2.24, 2.45) is 5.92 Å². The second-order valence-electron chi connectivity index (χ2n) is 6.08. The first kappa shape index (κ1) is 15.7. The van der Waals surface area contributed by atoms with Crippen molar-refractivity contribution in [3.63, 3.8) is 0 Å². The number of nitrogens with zero attached hydrogens (tertiary/aromatic N) is 3. The Morgan fingerprint density at radius 2 is 1.95 bits per heavy atom. The largest absolute Gasteiger partial charge is 0.481 e. The van der Waals surface area contributed by atoms with Gasteiger partial charge in [-0.15, -0.1) is 0 Å². The average Bonchev–Trinajstić information content (AvgIpc) is 2.46. The molecule has 0 atom stereocenters. The summed E-state index contributed by atoms with van der Waals surface area (Å²) in [6.07, 6.45) is 2.29. The third-order valence-electron chi connectivity index (χ3n) is 4.22. The Morgan fingerprint density at radius 3 is 2.43 bits per heavy atom. The van der Waals surface area contributed by atoms with Crippen LogP contribution < -0.4 is 4.90 Å². The lowest BCUT2D eigenvalue weighted by Gasteiger charge is -2.33. The lowest BCUT2D eigenvalue weighted by Crippen LogP contribution is -2.37. The number of carboxylic acids is 1. The van der Waals surface area contributed by atoms with Gasteiger partial charge in [-0.25, -0.2) is 9.97 Å². The summed E-state index contributed by atoms with van der Waals surface area (Å²) in [4.78, 5) is 22.7. The summed E-state index contributed by atoms with van der Waals surface area (Å²) in [6, 6.07) is 0. The van der Waals surface area contributed by atoms with Crippen molar-refractivity contribution in [3.05, 3.63) is 17.1 Å². The molecule has 1 aliphatic heterocycles. The van der Waals surface area contributed by atoms with Gasteiger partial charge in [0.15, 0.2) is 0 Å². The molecular formula is C16H25N3O2. The number of hydrogen-bond acceptors (Lipinski definition) is 4. The smallest absolute Gasteiger partial charge is 0.306 e. The third-order valence-corrected chi connectivity index (χ3v) is 4.22. The molecule has 0 aromatic carbocycles. The zero-order valence-electron chi connectivity index (χ0n) is 13.4. The molecule has 2 heterocycles. The van der Waals surface area contributed by atoms with E-state index in [2.05, 4.69) is 30.7 Å². The van der Waals surface area contributed by atoms with Gasteiger partial charge in [0.1, 0.15) is 11.6 Å². The van der Waals surface area contributed by atoms with Gasteiger partial charge in [-0.2, -0.15) is 0 Å². The van der Waals surface area contributed by atoms with Crippen LogP contribution in [0.15, 0.2) is 0 Å². The summed E-state index contributed by atoms with van der Waals surface area (Å²) >= 11 is 0. The van der Waals surface area contributed by atoms with Gasteiger partial charge in [-0.1, -0.05) is 20.8 Å². The molecule has 5 nitrogen and oxygen atoms in total. The highest BCUT2D eigenvalue weighted by Crippen LogP contribution is 2.28. The minimum absolute atomic E-state index is 0.209. The normalized spacial score (nSPS) is 16.5. The highest BCUT2D eigenvalue weighted by atomic mass is 16.4. The predicted molar refractivity (Wildman–Crippen MR) is 82.8 cm³/mol. The maximum Gasteiger partial charge on any atom is 0.306 e. The Bertz CT molecular complexity index is 520. The van der Waals surface area contributed by atoms with Gasteiger partial charge >= 0.3 is 5.97 Å². The number of hydrogen-bond donors (Lipinski definition) is 1. The first-order chi connectivity index (χ1) is 9.93. The van der Waals surface area contributed by atoms with Crippen LogP contribution in [-0.4, -0.2) is 34.1 Å². The van der Waals surface area contributed by atoms with Crippen molar-refractivity contribution in [3.8, 4) is 0 Å². The number of aromatic nitrogens is 2. The Balaban J connectivity index is 2.28. The van der Waals surface area contributed by atoms with Gasteiger partial charge in [0.2, 0.25) is 0 Å². The van der Waals surface area contributed by atoms with Crippen molar-refractivity contribution < 1.29 is 9.90 Å². The number of anilines is 1. The maximum atomic E-state index is 11.1. The molecule has 0 aliphatic carbocycles. The Labute approximate surface area is 126 Å². The van der Waals surface area contributed by atoms with Crippen LogP contribution in [0.5, 0.6) is 0 Å². The van der Waals surface area contributed by atoms with Crippen LogP contribution in [0, 0.1) is 12.8 Å². The molecule has 1 saturated heterocycles. The summed E-state index contributed by atoms with van der Waals surface area (Å²) in [5.41, 5.74) is 2.24. The summed E-state index contributed by atoms with van der Waals surface area (Å²) in [5.74, 6) is 1.30. The number of carbonyl (C=O) groups is 1. The molecule has 5 heteroatoms. The molecule has 2 rings (SSSR count). The summed E-state index contributed by atoms with van der Waals surface area (Å²) < 4.78 is 0. The molecule has 1 aliphatic rings. The molecule has 0 saturated carbocycles. The van der Waals surface area contributed by atoms with Crippen LogP contribution >= 0.6 is 0 Å². The molecule has 116 valence electrons. The maximum absolute atomic E-state index is 11.1. The summed E-state index contributed by atoms with van der Waals surface area (Å²) in [6.45, 7) is 9.88. The molecule has 0 radical (unpaired) electrons. The average molecular weight is 291 g/mol. The van der Waals surface area contributed by atoms with Crippen molar-refractivity contribution in [1.29, 1.82) is 0 Å². The van der Waals surface area contributed by atoms with E-state index in [1.54, 1.807) is 0 Å². The fourth-order valence-electron chi connectivity index (χ4n) is 2.87. The topological polar surface area (TPSA) is 66.3 Å². The molecule has 0 spiro atoms. The first-order valence-corrected chi connectivity index (χ1v) is 7.79. The molecule has 1 fully saturated rings. The second-order valence-corrected chi connectivity index (χ2v) is 6.08.